The minimum atomic E-state index is -1.33. The minimum absolute atomic E-state index is 0.502. The summed E-state index contributed by atoms with van der Waals surface area (Å²) in [5.74, 6) is 0. The zero-order chi connectivity index (χ0) is 8.53. The van der Waals surface area contributed by atoms with Gasteiger partial charge in [0.25, 0.3) is 0 Å². The highest BCUT2D eigenvalue weighted by molar-refractivity contribution is 7.02. The van der Waals surface area contributed by atoms with Crippen molar-refractivity contribution < 1.29 is 13.3 Å². The van der Waals surface area contributed by atoms with Crippen molar-refractivity contribution >= 4 is 18.1 Å². The molecule has 0 amide bonds. The van der Waals surface area contributed by atoms with Gasteiger partial charge < -0.3 is 13.3 Å². The second-order valence-electron chi connectivity index (χ2n) is 2.00. The molecule has 0 atom stereocenters. The van der Waals surface area contributed by atoms with Crippen LogP contribution in [0, 0.1) is 0 Å². The van der Waals surface area contributed by atoms with Crippen LogP contribution in [0.15, 0.2) is 0 Å². The zero-order valence-corrected chi connectivity index (χ0v) is 10.2. The molecule has 68 valence electrons. The van der Waals surface area contributed by atoms with Gasteiger partial charge in [-0.3, -0.25) is 0 Å². The lowest BCUT2D eigenvalue weighted by atomic mass is 10.9. The Morgan fingerprint density at radius 2 is 1.55 bits per heavy atom. The first kappa shape index (κ1) is 11.3. The van der Waals surface area contributed by atoms with Crippen molar-refractivity contribution in [1.29, 1.82) is 0 Å². The second-order valence-corrected chi connectivity index (χ2v) is 7.27. The first-order chi connectivity index (χ1) is 5.35. The molecule has 3 nitrogen and oxygen atoms in total. The van der Waals surface area contributed by atoms with E-state index in [4.69, 9.17) is 13.3 Å². The van der Waals surface area contributed by atoms with Crippen molar-refractivity contribution in [1.82, 2.24) is 0 Å². The van der Waals surface area contributed by atoms with Crippen molar-refractivity contribution in [3.63, 3.8) is 0 Å². The van der Waals surface area contributed by atoms with Crippen molar-refractivity contribution in [3.05, 3.63) is 0 Å². The van der Waals surface area contributed by atoms with Gasteiger partial charge in [-0.05, 0) is 20.8 Å². The van der Waals surface area contributed by atoms with Gasteiger partial charge in [-0.1, -0.05) is 0 Å². The summed E-state index contributed by atoms with van der Waals surface area (Å²) in [5.41, 5.74) is 0. The average Bonchev–Trinajstić information content (AvgIpc) is 2.01. The van der Waals surface area contributed by atoms with Crippen molar-refractivity contribution in [2.45, 2.75) is 20.8 Å². The summed E-state index contributed by atoms with van der Waals surface area (Å²) >= 11 is 0. The van der Waals surface area contributed by atoms with Gasteiger partial charge in [0.1, 0.15) is 0 Å². The van der Waals surface area contributed by atoms with Crippen LogP contribution in [0.25, 0.3) is 0 Å². The molecule has 0 heterocycles. The predicted molar refractivity (Wildman–Crippen MR) is 50.6 cm³/mol. The standard InChI is InChI=1S/C6H18O3Si2/c1-4-7-10-11(8-5-2)9-6-3/h11H,4-6,10H2,1-3H3. The summed E-state index contributed by atoms with van der Waals surface area (Å²) in [7, 11) is -1.84. The molecule has 0 aromatic carbocycles. The highest BCUT2D eigenvalue weighted by Gasteiger charge is 2.12. The molecule has 0 aliphatic rings. The second kappa shape index (κ2) is 8.41. The van der Waals surface area contributed by atoms with Gasteiger partial charge in [-0.15, -0.1) is 0 Å². The van der Waals surface area contributed by atoms with Gasteiger partial charge in [0, 0.05) is 19.8 Å². The molecule has 0 saturated carbocycles. The monoisotopic (exact) mass is 194 g/mol. The largest absolute Gasteiger partial charge is 0.422 e. The molecule has 0 rings (SSSR count). The SMILES string of the molecule is CCO[SiH2][SiH](OCC)OCC. The average molecular weight is 194 g/mol. The van der Waals surface area contributed by atoms with E-state index in [0.29, 0.717) is 0 Å². The third-order valence-corrected chi connectivity index (χ3v) is 6.43. The molecule has 0 fully saturated rings. The van der Waals surface area contributed by atoms with E-state index in [1.807, 2.05) is 20.8 Å². The van der Waals surface area contributed by atoms with Gasteiger partial charge in [-0.25, -0.2) is 0 Å². The highest BCUT2D eigenvalue weighted by Crippen LogP contribution is 1.88. The van der Waals surface area contributed by atoms with E-state index in [0.717, 1.165) is 19.8 Å². The van der Waals surface area contributed by atoms with Gasteiger partial charge in [0.05, 0.1) is 0 Å². The molecular weight excluding hydrogens is 176 g/mol. The third kappa shape index (κ3) is 6.70. The molecule has 0 N–H and O–H groups in total. The Morgan fingerprint density at radius 3 is 1.91 bits per heavy atom. The third-order valence-electron chi connectivity index (χ3n) is 1.16. The van der Waals surface area contributed by atoms with Crippen LogP contribution in [-0.2, 0) is 13.3 Å². The Bertz CT molecular complexity index is 76.2. The summed E-state index contributed by atoms with van der Waals surface area (Å²) in [6.45, 7) is 8.33. The smallest absolute Gasteiger partial charge is 0.325 e. The molecule has 0 spiro atoms. The molecule has 0 saturated heterocycles. The molecule has 0 aliphatic carbocycles. The van der Waals surface area contributed by atoms with Crippen LogP contribution in [0.4, 0.5) is 0 Å². The van der Waals surface area contributed by atoms with E-state index in [9.17, 15) is 0 Å². The van der Waals surface area contributed by atoms with E-state index in [-0.39, 0.29) is 0 Å². The highest BCUT2D eigenvalue weighted by atomic mass is 29.2. The maximum Gasteiger partial charge on any atom is 0.325 e. The summed E-state index contributed by atoms with van der Waals surface area (Å²) in [5, 5.41) is 0. The summed E-state index contributed by atoms with van der Waals surface area (Å²) < 4.78 is 16.2. The molecule has 0 unspecified atom stereocenters. The molecule has 5 heteroatoms. The van der Waals surface area contributed by atoms with E-state index in [1.54, 1.807) is 0 Å². The Hall–Kier alpha value is 0.314. The van der Waals surface area contributed by atoms with Crippen LogP contribution >= 0.6 is 0 Å². The molecule has 11 heavy (non-hydrogen) atoms. The topological polar surface area (TPSA) is 27.7 Å². The van der Waals surface area contributed by atoms with Crippen LogP contribution in [0.3, 0.4) is 0 Å². The molecule has 0 aromatic rings. The Labute approximate surface area is 72.6 Å². The summed E-state index contributed by atoms with van der Waals surface area (Å²) in [6.07, 6.45) is 0. The van der Waals surface area contributed by atoms with Crippen LogP contribution in [0.2, 0.25) is 0 Å². The Kier molecular flexibility index (Phi) is 8.65. The maximum atomic E-state index is 5.44. The van der Waals surface area contributed by atoms with Gasteiger partial charge in [0.2, 0.25) is 9.28 Å². The van der Waals surface area contributed by atoms with Crippen molar-refractivity contribution in [3.8, 4) is 0 Å². The van der Waals surface area contributed by atoms with Crippen LogP contribution in [0.5, 0.6) is 0 Å². The Morgan fingerprint density at radius 1 is 1.00 bits per heavy atom. The van der Waals surface area contributed by atoms with Crippen LogP contribution < -0.4 is 0 Å². The molecule has 0 aliphatic heterocycles. The fraction of sp³-hybridized carbons (Fsp3) is 1.00. The van der Waals surface area contributed by atoms with E-state index in [2.05, 4.69) is 0 Å². The van der Waals surface area contributed by atoms with E-state index >= 15 is 0 Å². The zero-order valence-electron chi connectivity index (χ0n) is 7.63. The number of hydrogen-bond donors (Lipinski definition) is 0. The molecule has 0 bridgehead atoms. The fourth-order valence-electron chi connectivity index (χ4n) is 0.730. The van der Waals surface area contributed by atoms with E-state index < -0.39 is 18.1 Å². The van der Waals surface area contributed by atoms with Crippen molar-refractivity contribution in [2.75, 3.05) is 19.8 Å². The molecule has 0 radical (unpaired) electrons. The molecule has 0 aromatic heterocycles. The van der Waals surface area contributed by atoms with Crippen molar-refractivity contribution in [2.24, 2.45) is 0 Å². The maximum absolute atomic E-state index is 5.44. The van der Waals surface area contributed by atoms with Gasteiger partial charge >= 0.3 is 8.80 Å². The van der Waals surface area contributed by atoms with Gasteiger partial charge in [0.15, 0.2) is 0 Å². The fourth-order valence-corrected chi connectivity index (χ4v) is 5.47. The number of hydrogen-bond acceptors (Lipinski definition) is 3. The lowest BCUT2D eigenvalue weighted by Crippen LogP contribution is -2.32. The normalized spacial score (nSPS) is 12.0. The first-order valence-corrected chi connectivity index (χ1v) is 8.94. The minimum Gasteiger partial charge on any atom is -0.422 e. The Balaban J connectivity index is 3.34. The lowest BCUT2D eigenvalue weighted by molar-refractivity contribution is 0.223. The quantitative estimate of drug-likeness (QED) is 0.530. The van der Waals surface area contributed by atoms with E-state index in [1.165, 1.54) is 0 Å². The number of rotatable bonds is 7. The van der Waals surface area contributed by atoms with Gasteiger partial charge in [-0.2, -0.15) is 0 Å². The molecular formula is C6H18O3Si2. The summed E-state index contributed by atoms with van der Waals surface area (Å²) in [4.78, 5) is 0. The van der Waals surface area contributed by atoms with Crippen LogP contribution in [0.1, 0.15) is 20.8 Å². The predicted octanol–water partition coefficient (Wildman–Crippen LogP) is -0.103. The first-order valence-electron chi connectivity index (χ1n) is 4.16. The van der Waals surface area contributed by atoms with Crippen LogP contribution in [-0.4, -0.2) is 37.9 Å². The summed E-state index contributed by atoms with van der Waals surface area (Å²) in [6, 6.07) is 0. The lowest BCUT2D eigenvalue weighted by Gasteiger charge is -2.13.